The summed E-state index contributed by atoms with van der Waals surface area (Å²) in [6.45, 7) is 4.73. The number of carbonyl (C=O) groups is 1. The van der Waals surface area contributed by atoms with Crippen LogP contribution in [0.4, 0.5) is 0 Å². The Labute approximate surface area is 126 Å². The number of aliphatic hydroxyl groups is 1. The fourth-order valence-corrected chi connectivity index (χ4v) is 2.70. The van der Waals surface area contributed by atoms with E-state index in [9.17, 15) is 14.7 Å². The van der Waals surface area contributed by atoms with Gasteiger partial charge in [-0.15, -0.1) is 0 Å². The first-order valence-corrected chi connectivity index (χ1v) is 6.90. The van der Waals surface area contributed by atoms with E-state index in [4.69, 9.17) is 13.9 Å². The van der Waals surface area contributed by atoms with Gasteiger partial charge in [0.1, 0.15) is 23.0 Å². The summed E-state index contributed by atoms with van der Waals surface area (Å²) in [5.74, 6) is -0.0845. The molecule has 2 aromatic rings. The third-order valence-corrected chi connectivity index (χ3v) is 3.71. The number of aliphatic hydroxyl groups excluding tert-OH is 1. The van der Waals surface area contributed by atoms with Crippen LogP contribution in [0.5, 0.6) is 5.75 Å². The van der Waals surface area contributed by atoms with Crippen LogP contribution in [0.1, 0.15) is 32.4 Å². The molecule has 1 aliphatic heterocycles. The highest BCUT2D eigenvalue weighted by molar-refractivity contribution is 5.80. The van der Waals surface area contributed by atoms with Crippen molar-refractivity contribution in [1.82, 2.24) is 0 Å². The predicted molar refractivity (Wildman–Crippen MR) is 77.7 cm³/mol. The molecule has 3 rings (SSSR count). The molecule has 0 saturated carbocycles. The van der Waals surface area contributed by atoms with Crippen LogP contribution in [0.25, 0.3) is 11.0 Å². The molecule has 0 aliphatic carbocycles. The van der Waals surface area contributed by atoms with Gasteiger partial charge in [-0.05, 0) is 26.0 Å². The van der Waals surface area contributed by atoms with Crippen LogP contribution in [-0.2, 0) is 9.53 Å². The van der Waals surface area contributed by atoms with Gasteiger partial charge in [0.2, 0.25) is 0 Å². The van der Waals surface area contributed by atoms with E-state index in [2.05, 4.69) is 0 Å². The minimum absolute atomic E-state index is 0.375. The fraction of sp³-hybridized carbons (Fsp3) is 0.375. The van der Waals surface area contributed by atoms with E-state index in [1.807, 2.05) is 0 Å². The normalized spacial score (nSPS) is 22.7. The van der Waals surface area contributed by atoms with Gasteiger partial charge < -0.3 is 19.0 Å². The molecule has 1 aliphatic rings. The third-order valence-electron chi connectivity index (χ3n) is 3.71. The van der Waals surface area contributed by atoms with E-state index in [0.29, 0.717) is 22.3 Å². The Bertz CT molecular complexity index is 804. The van der Waals surface area contributed by atoms with E-state index >= 15 is 0 Å². The summed E-state index contributed by atoms with van der Waals surface area (Å²) in [6, 6.07) is 6.15. The topological polar surface area (TPSA) is 86.0 Å². The quantitative estimate of drug-likeness (QED) is 0.640. The van der Waals surface area contributed by atoms with Gasteiger partial charge in [0.25, 0.3) is 0 Å². The van der Waals surface area contributed by atoms with Crippen molar-refractivity contribution in [2.24, 2.45) is 0 Å². The minimum Gasteiger partial charge on any atom is -0.483 e. The molecule has 1 aromatic carbocycles. The van der Waals surface area contributed by atoms with Crippen LogP contribution in [-0.4, -0.2) is 22.8 Å². The molecule has 0 amide bonds. The summed E-state index contributed by atoms with van der Waals surface area (Å²) in [5, 5.41) is 11.2. The number of esters is 1. The van der Waals surface area contributed by atoms with Crippen molar-refractivity contribution in [3.05, 3.63) is 40.2 Å². The molecule has 6 nitrogen and oxygen atoms in total. The maximum Gasteiger partial charge on any atom is 0.336 e. The summed E-state index contributed by atoms with van der Waals surface area (Å²) in [6.07, 6.45) is -1.86. The SMILES string of the molecule is CC(=O)OC1C(O)c2cc3ccc(=O)oc3cc2OC1(C)C. The van der Waals surface area contributed by atoms with Gasteiger partial charge in [0.05, 0.1) is 0 Å². The second kappa shape index (κ2) is 4.84. The molecule has 2 unspecified atom stereocenters. The van der Waals surface area contributed by atoms with Crippen LogP contribution >= 0.6 is 0 Å². The Morgan fingerprint density at radius 3 is 2.73 bits per heavy atom. The number of benzene rings is 1. The average Bonchev–Trinajstić information content (AvgIpc) is 2.41. The molecule has 2 atom stereocenters. The van der Waals surface area contributed by atoms with Gasteiger partial charge in [-0.1, -0.05) is 0 Å². The van der Waals surface area contributed by atoms with Gasteiger partial charge in [-0.2, -0.15) is 0 Å². The maximum atomic E-state index is 11.3. The van der Waals surface area contributed by atoms with Crippen molar-refractivity contribution in [1.29, 1.82) is 0 Å². The van der Waals surface area contributed by atoms with Crippen molar-refractivity contribution in [2.45, 2.75) is 38.6 Å². The van der Waals surface area contributed by atoms with Gasteiger partial charge in [-0.25, -0.2) is 4.79 Å². The number of ether oxygens (including phenoxy) is 2. The van der Waals surface area contributed by atoms with Crippen molar-refractivity contribution in [2.75, 3.05) is 0 Å². The van der Waals surface area contributed by atoms with E-state index in [1.54, 1.807) is 32.0 Å². The average molecular weight is 304 g/mol. The van der Waals surface area contributed by atoms with Crippen molar-refractivity contribution >= 4 is 16.9 Å². The lowest BCUT2D eigenvalue weighted by Crippen LogP contribution is -2.50. The lowest BCUT2D eigenvalue weighted by Gasteiger charge is -2.41. The molecule has 2 heterocycles. The number of hydrogen-bond donors (Lipinski definition) is 1. The first-order chi connectivity index (χ1) is 10.3. The Hall–Kier alpha value is -2.34. The zero-order valence-corrected chi connectivity index (χ0v) is 12.5. The highest BCUT2D eigenvalue weighted by Crippen LogP contribution is 2.42. The molecule has 1 N–H and O–H groups in total. The molecule has 0 fully saturated rings. The van der Waals surface area contributed by atoms with Gasteiger partial charge in [-0.3, -0.25) is 4.79 Å². The Morgan fingerprint density at radius 2 is 2.05 bits per heavy atom. The van der Waals surface area contributed by atoms with Crippen LogP contribution in [0.3, 0.4) is 0 Å². The predicted octanol–water partition coefficient (Wildman–Crippen LogP) is 1.93. The van der Waals surface area contributed by atoms with Crippen LogP contribution in [0.2, 0.25) is 0 Å². The first kappa shape index (κ1) is 14.6. The summed E-state index contributed by atoms with van der Waals surface area (Å²) in [4.78, 5) is 22.6. The standard InChI is InChI=1S/C16H16O6/c1-8(17)20-15-14(19)10-6-9-4-5-13(18)21-11(9)7-12(10)22-16(15,2)3/h4-7,14-15,19H,1-3H3. The van der Waals surface area contributed by atoms with E-state index in [-0.39, 0.29) is 0 Å². The highest BCUT2D eigenvalue weighted by atomic mass is 16.6. The van der Waals surface area contributed by atoms with Gasteiger partial charge in [0, 0.05) is 30.0 Å². The largest absolute Gasteiger partial charge is 0.483 e. The van der Waals surface area contributed by atoms with Crippen LogP contribution < -0.4 is 10.4 Å². The van der Waals surface area contributed by atoms with Crippen molar-refractivity contribution < 1.29 is 23.8 Å². The Kier molecular flexibility index (Phi) is 3.21. The summed E-state index contributed by atoms with van der Waals surface area (Å²) < 4.78 is 16.2. The van der Waals surface area contributed by atoms with Gasteiger partial charge >= 0.3 is 11.6 Å². The van der Waals surface area contributed by atoms with E-state index < -0.39 is 29.4 Å². The van der Waals surface area contributed by atoms with E-state index in [0.717, 1.165) is 0 Å². The van der Waals surface area contributed by atoms with E-state index in [1.165, 1.54) is 13.0 Å². The van der Waals surface area contributed by atoms with Crippen LogP contribution in [0.15, 0.2) is 33.5 Å². The zero-order valence-electron chi connectivity index (χ0n) is 12.5. The fourth-order valence-electron chi connectivity index (χ4n) is 2.70. The molecular weight excluding hydrogens is 288 g/mol. The lowest BCUT2D eigenvalue weighted by molar-refractivity contribution is -0.175. The summed E-state index contributed by atoms with van der Waals surface area (Å²) in [7, 11) is 0. The molecule has 1 aromatic heterocycles. The third kappa shape index (κ3) is 2.35. The summed E-state index contributed by atoms with van der Waals surface area (Å²) >= 11 is 0. The molecule has 116 valence electrons. The molecule has 0 radical (unpaired) electrons. The number of rotatable bonds is 1. The Morgan fingerprint density at radius 1 is 1.32 bits per heavy atom. The number of fused-ring (bicyclic) bond motifs is 2. The highest BCUT2D eigenvalue weighted by Gasteiger charge is 2.45. The Balaban J connectivity index is 2.15. The molecule has 0 saturated heterocycles. The van der Waals surface area contributed by atoms with Crippen LogP contribution in [0, 0.1) is 0 Å². The van der Waals surface area contributed by atoms with Crippen molar-refractivity contribution in [3.8, 4) is 5.75 Å². The molecule has 6 heteroatoms. The lowest BCUT2D eigenvalue weighted by atomic mass is 9.88. The first-order valence-electron chi connectivity index (χ1n) is 6.90. The molecular formula is C16H16O6. The molecule has 0 bridgehead atoms. The number of carbonyl (C=O) groups excluding carboxylic acids is 1. The molecule has 22 heavy (non-hydrogen) atoms. The van der Waals surface area contributed by atoms with Crippen molar-refractivity contribution in [3.63, 3.8) is 0 Å². The maximum absolute atomic E-state index is 11.3. The monoisotopic (exact) mass is 304 g/mol. The minimum atomic E-state index is -1.03. The second-order valence-electron chi connectivity index (χ2n) is 5.86. The number of hydrogen-bond acceptors (Lipinski definition) is 6. The second-order valence-corrected chi connectivity index (χ2v) is 5.86. The zero-order chi connectivity index (χ0) is 16.1. The smallest absolute Gasteiger partial charge is 0.336 e. The summed E-state index contributed by atoms with van der Waals surface area (Å²) in [5.41, 5.74) is -0.506. The molecule has 0 spiro atoms. The van der Waals surface area contributed by atoms with Gasteiger partial charge in [0.15, 0.2) is 6.10 Å².